The number of carbonyl (C=O) groups excluding carboxylic acids is 1. The van der Waals surface area contributed by atoms with E-state index < -0.39 is 24.7 Å². The van der Waals surface area contributed by atoms with Gasteiger partial charge in [0.15, 0.2) is 0 Å². The molecule has 98 valence electrons. The fourth-order valence-corrected chi connectivity index (χ4v) is 1.96. The summed E-state index contributed by atoms with van der Waals surface area (Å²) in [6.07, 6.45) is -4.40. The second-order valence-corrected chi connectivity index (χ2v) is 4.40. The monoisotopic (exact) mass is 278 g/mol. The molecular formula is C11H10ClF3N2O. The SMILES string of the molecule is O=C1CN(c2ccc(Cl)cc2)C(C(F)(F)F)CN1. The molecule has 1 aromatic carbocycles. The summed E-state index contributed by atoms with van der Waals surface area (Å²) < 4.78 is 38.6. The lowest BCUT2D eigenvalue weighted by molar-refractivity contribution is -0.153. The largest absolute Gasteiger partial charge is 0.410 e. The summed E-state index contributed by atoms with van der Waals surface area (Å²) in [5.74, 6) is -0.426. The maximum absolute atomic E-state index is 12.9. The lowest BCUT2D eigenvalue weighted by Gasteiger charge is -2.38. The first-order valence-electron chi connectivity index (χ1n) is 5.23. The third kappa shape index (κ3) is 2.69. The molecule has 1 aliphatic rings. The Labute approximate surface area is 107 Å². The highest BCUT2D eigenvalue weighted by atomic mass is 35.5. The minimum atomic E-state index is -4.40. The van der Waals surface area contributed by atoms with Gasteiger partial charge in [0.25, 0.3) is 0 Å². The van der Waals surface area contributed by atoms with Crippen LogP contribution in [0.15, 0.2) is 24.3 Å². The maximum Gasteiger partial charge on any atom is 0.410 e. The van der Waals surface area contributed by atoms with Crippen LogP contribution in [0.25, 0.3) is 0 Å². The van der Waals surface area contributed by atoms with Crippen LogP contribution < -0.4 is 10.2 Å². The van der Waals surface area contributed by atoms with Gasteiger partial charge in [-0.2, -0.15) is 13.2 Å². The number of amides is 1. The Balaban J connectivity index is 2.30. The predicted octanol–water partition coefficient (Wildman–Crippen LogP) is 2.21. The fourth-order valence-electron chi connectivity index (χ4n) is 1.84. The van der Waals surface area contributed by atoms with Crippen LogP contribution in [-0.4, -0.2) is 31.2 Å². The Bertz CT molecular complexity index is 447. The number of piperazine rings is 1. The number of nitrogens with zero attached hydrogens (tertiary/aromatic N) is 1. The van der Waals surface area contributed by atoms with Crippen molar-refractivity contribution in [3.8, 4) is 0 Å². The Kier molecular flexibility index (Phi) is 3.38. The number of nitrogens with one attached hydrogen (secondary N) is 1. The smallest absolute Gasteiger partial charge is 0.352 e. The van der Waals surface area contributed by atoms with Crippen LogP contribution in [0.2, 0.25) is 5.02 Å². The van der Waals surface area contributed by atoms with E-state index in [1.54, 1.807) is 0 Å². The molecule has 0 aromatic heterocycles. The normalized spacial score (nSPS) is 20.8. The number of rotatable bonds is 1. The number of hydrogen-bond acceptors (Lipinski definition) is 2. The average molecular weight is 279 g/mol. The molecule has 1 fully saturated rings. The summed E-state index contributed by atoms with van der Waals surface area (Å²) in [5.41, 5.74) is 0.330. The zero-order chi connectivity index (χ0) is 13.3. The molecule has 3 nitrogen and oxygen atoms in total. The molecule has 0 radical (unpaired) electrons. The van der Waals surface area contributed by atoms with Crippen LogP contribution in [0, 0.1) is 0 Å². The van der Waals surface area contributed by atoms with Crippen molar-refractivity contribution < 1.29 is 18.0 Å². The summed E-state index contributed by atoms with van der Waals surface area (Å²) in [4.78, 5) is 12.3. The standard InChI is InChI=1S/C11H10ClF3N2O/c12-7-1-3-8(4-2-7)17-6-10(18)16-5-9(17)11(13,14)15/h1-4,9H,5-6H2,(H,16,18). The molecule has 1 atom stereocenters. The summed E-state index contributed by atoms with van der Waals surface area (Å²) in [7, 11) is 0. The van der Waals surface area contributed by atoms with E-state index >= 15 is 0 Å². The van der Waals surface area contributed by atoms with Gasteiger partial charge in [0.05, 0.1) is 6.54 Å². The minimum Gasteiger partial charge on any atom is -0.352 e. The average Bonchev–Trinajstić information content (AvgIpc) is 2.28. The molecule has 0 bridgehead atoms. The highest BCUT2D eigenvalue weighted by Crippen LogP contribution is 2.30. The van der Waals surface area contributed by atoms with Gasteiger partial charge in [0.1, 0.15) is 6.04 Å². The first-order chi connectivity index (χ1) is 8.38. The van der Waals surface area contributed by atoms with Crippen LogP contribution in [0.3, 0.4) is 0 Å². The van der Waals surface area contributed by atoms with E-state index in [0.717, 1.165) is 4.90 Å². The zero-order valence-electron chi connectivity index (χ0n) is 9.17. The van der Waals surface area contributed by atoms with Gasteiger partial charge < -0.3 is 10.2 Å². The molecule has 1 amide bonds. The first kappa shape index (κ1) is 13.0. The Morgan fingerprint density at radius 2 is 1.89 bits per heavy atom. The Morgan fingerprint density at radius 3 is 2.44 bits per heavy atom. The van der Waals surface area contributed by atoms with Gasteiger partial charge in [-0.3, -0.25) is 4.79 Å². The molecular weight excluding hydrogens is 269 g/mol. The summed E-state index contributed by atoms with van der Waals surface area (Å²) in [6, 6.07) is 4.23. The highest BCUT2D eigenvalue weighted by molar-refractivity contribution is 6.30. The van der Waals surface area contributed by atoms with Crippen LogP contribution >= 0.6 is 11.6 Å². The quantitative estimate of drug-likeness (QED) is 0.854. The Hall–Kier alpha value is -1.43. The molecule has 1 N–H and O–H groups in total. The van der Waals surface area contributed by atoms with Gasteiger partial charge in [-0.25, -0.2) is 0 Å². The molecule has 18 heavy (non-hydrogen) atoms. The van der Waals surface area contributed by atoms with Crippen molar-refractivity contribution >= 4 is 23.2 Å². The second kappa shape index (κ2) is 4.68. The minimum absolute atomic E-state index is 0.314. The number of halogens is 4. The van der Waals surface area contributed by atoms with Crippen molar-refractivity contribution in [2.45, 2.75) is 12.2 Å². The molecule has 0 aliphatic carbocycles. The molecule has 1 aromatic rings. The molecule has 1 heterocycles. The van der Waals surface area contributed by atoms with Crippen molar-refractivity contribution in [1.29, 1.82) is 0 Å². The second-order valence-electron chi connectivity index (χ2n) is 3.97. The number of anilines is 1. The van der Waals surface area contributed by atoms with Gasteiger partial charge >= 0.3 is 6.18 Å². The van der Waals surface area contributed by atoms with Gasteiger partial charge in [0.2, 0.25) is 5.91 Å². The van der Waals surface area contributed by atoms with Crippen LogP contribution in [-0.2, 0) is 4.79 Å². The molecule has 1 saturated heterocycles. The van der Waals surface area contributed by atoms with Crippen molar-refractivity contribution in [3.63, 3.8) is 0 Å². The molecule has 1 aliphatic heterocycles. The molecule has 1 unspecified atom stereocenters. The highest BCUT2D eigenvalue weighted by Gasteiger charge is 2.46. The van der Waals surface area contributed by atoms with Gasteiger partial charge in [-0.15, -0.1) is 0 Å². The fraction of sp³-hybridized carbons (Fsp3) is 0.364. The van der Waals surface area contributed by atoms with Crippen LogP contribution in [0.4, 0.5) is 18.9 Å². The third-order valence-corrected chi connectivity index (χ3v) is 2.97. The van der Waals surface area contributed by atoms with Crippen molar-refractivity contribution in [2.24, 2.45) is 0 Å². The summed E-state index contributed by atoms with van der Waals surface area (Å²) >= 11 is 5.69. The van der Waals surface area contributed by atoms with Crippen molar-refractivity contribution in [2.75, 3.05) is 18.0 Å². The summed E-state index contributed by atoms with van der Waals surface area (Å²) in [5, 5.41) is 2.66. The van der Waals surface area contributed by atoms with E-state index in [1.165, 1.54) is 24.3 Å². The van der Waals surface area contributed by atoms with E-state index in [9.17, 15) is 18.0 Å². The number of carbonyl (C=O) groups is 1. The lowest BCUT2D eigenvalue weighted by Crippen LogP contribution is -2.60. The molecule has 7 heteroatoms. The zero-order valence-corrected chi connectivity index (χ0v) is 9.92. The Morgan fingerprint density at radius 1 is 1.28 bits per heavy atom. The topological polar surface area (TPSA) is 32.3 Å². The van der Waals surface area contributed by atoms with E-state index in [-0.39, 0.29) is 6.54 Å². The van der Waals surface area contributed by atoms with E-state index in [2.05, 4.69) is 5.32 Å². The molecule has 0 spiro atoms. The molecule has 0 saturated carbocycles. The predicted molar refractivity (Wildman–Crippen MR) is 61.7 cm³/mol. The number of alkyl halides is 3. The van der Waals surface area contributed by atoms with Crippen molar-refractivity contribution in [1.82, 2.24) is 5.32 Å². The van der Waals surface area contributed by atoms with E-state index in [0.29, 0.717) is 10.7 Å². The first-order valence-corrected chi connectivity index (χ1v) is 5.61. The number of hydrogen-bond donors (Lipinski definition) is 1. The summed E-state index contributed by atoms with van der Waals surface area (Å²) in [6.45, 7) is -0.753. The van der Waals surface area contributed by atoms with Gasteiger partial charge in [-0.05, 0) is 24.3 Å². The molecule has 2 rings (SSSR count). The van der Waals surface area contributed by atoms with Crippen LogP contribution in [0.5, 0.6) is 0 Å². The van der Waals surface area contributed by atoms with E-state index in [4.69, 9.17) is 11.6 Å². The van der Waals surface area contributed by atoms with E-state index in [1.807, 2.05) is 0 Å². The maximum atomic E-state index is 12.9. The van der Waals surface area contributed by atoms with Gasteiger partial charge in [0, 0.05) is 17.3 Å². The third-order valence-electron chi connectivity index (χ3n) is 2.72. The number of benzene rings is 1. The van der Waals surface area contributed by atoms with Crippen LogP contribution in [0.1, 0.15) is 0 Å². The van der Waals surface area contributed by atoms with Gasteiger partial charge in [-0.1, -0.05) is 11.6 Å². The lowest BCUT2D eigenvalue weighted by atomic mass is 10.1. The van der Waals surface area contributed by atoms with Crippen molar-refractivity contribution in [3.05, 3.63) is 29.3 Å².